The van der Waals surface area contributed by atoms with Gasteiger partial charge in [-0.25, -0.2) is 9.97 Å². The SMILES string of the molecule is CC(C)Nc1nc(Cl)cc(-c2cccc(C#N)c2)n1. The molecule has 1 heterocycles. The fraction of sp³-hybridized carbons (Fsp3) is 0.214. The molecule has 0 aliphatic carbocycles. The topological polar surface area (TPSA) is 61.6 Å². The van der Waals surface area contributed by atoms with Crippen molar-refractivity contribution in [3.05, 3.63) is 41.0 Å². The number of hydrogen-bond acceptors (Lipinski definition) is 4. The summed E-state index contributed by atoms with van der Waals surface area (Å²) in [5, 5.41) is 12.4. The van der Waals surface area contributed by atoms with Crippen LogP contribution in [0.5, 0.6) is 0 Å². The van der Waals surface area contributed by atoms with Crippen LogP contribution < -0.4 is 5.32 Å². The van der Waals surface area contributed by atoms with Gasteiger partial charge in [0.25, 0.3) is 0 Å². The van der Waals surface area contributed by atoms with Gasteiger partial charge in [-0.05, 0) is 26.0 Å². The molecule has 2 aromatic rings. The molecule has 0 amide bonds. The summed E-state index contributed by atoms with van der Waals surface area (Å²) in [5.74, 6) is 0.486. The molecule has 0 saturated carbocycles. The molecule has 19 heavy (non-hydrogen) atoms. The lowest BCUT2D eigenvalue weighted by molar-refractivity contribution is 0.875. The molecule has 4 nitrogen and oxygen atoms in total. The fourth-order valence-electron chi connectivity index (χ4n) is 1.64. The maximum atomic E-state index is 8.92. The van der Waals surface area contributed by atoms with Crippen molar-refractivity contribution in [2.75, 3.05) is 5.32 Å². The highest BCUT2D eigenvalue weighted by Gasteiger charge is 2.07. The largest absolute Gasteiger partial charge is 0.352 e. The number of anilines is 1. The predicted molar refractivity (Wildman–Crippen MR) is 76.0 cm³/mol. The Morgan fingerprint density at radius 1 is 1.26 bits per heavy atom. The number of rotatable bonds is 3. The Morgan fingerprint density at radius 2 is 2.05 bits per heavy atom. The zero-order chi connectivity index (χ0) is 13.8. The van der Waals surface area contributed by atoms with Crippen LogP contribution >= 0.6 is 11.6 Å². The number of nitrogens with zero attached hydrogens (tertiary/aromatic N) is 3. The van der Waals surface area contributed by atoms with Gasteiger partial charge in [0.2, 0.25) is 5.95 Å². The van der Waals surface area contributed by atoms with Gasteiger partial charge < -0.3 is 5.32 Å². The van der Waals surface area contributed by atoms with Gasteiger partial charge >= 0.3 is 0 Å². The van der Waals surface area contributed by atoms with Gasteiger partial charge in [0.05, 0.1) is 17.3 Å². The number of nitrogens with one attached hydrogen (secondary N) is 1. The van der Waals surface area contributed by atoms with Crippen LogP contribution in [0, 0.1) is 11.3 Å². The van der Waals surface area contributed by atoms with E-state index in [0.717, 1.165) is 5.56 Å². The summed E-state index contributed by atoms with van der Waals surface area (Å²) in [6.07, 6.45) is 0. The molecular formula is C14H13ClN4. The Kier molecular flexibility index (Phi) is 3.98. The Bertz CT molecular complexity index is 632. The average Bonchev–Trinajstić information content (AvgIpc) is 2.37. The first-order valence-electron chi connectivity index (χ1n) is 5.90. The smallest absolute Gasteiger partial charge is 0.224 e. The molecule has 1 aromatic carbocycles. The lowest BCUT2D eigenvalue weighted by Crippen LogP contribution is -2.12. The van der Waals surface area contributed by atoms with Crippen molar-refractivity contribution in [3.63, 3.8) is 0 Å². The maximum Gasteiger partial charge on any atom is 0.224 e. The fourth-order valence-corrected chi connectivity index (χ4v) is 1.82. The quantitative estimate of drug-likeness (QED) is 0.869. The molecule has 0 atom stereocenters. The van der Waals surface area contributed by atoms with Gasteiger partial charge in [-0.3, -0.25) is 0 Å². The first-order valence-corrected chi connectivity index (χ1v) is 6.28. The van der Waals surface area contributed by atoms with Crippen molar-refractivity contribution in [3.8, 4) is 17.3 Å². The molecule has 1 N–H and O–H groups in total. The van der Waals surface area contributed by atoms with Crippen LogP contribution in [0.1, 0.15) is 19.4 Å². The van der Waals surface area contributed by atoms with Crippen molar-refractivity contribution in [1.82, 2.24) is 9.97 Å². The molecule has 1 aromatic heterocycles. The van der Waals surface area contributed by atoms with E-state index in [1.165, 1.54) is 0 Å². The van der Waals surface area contributed by atoms with Crippen LogP contribution in [-0.4, -0.2) is 16.0 Å². The normalized spacial score (nSPS) is 10.3. The van der Waals surface area contributed by atoms with Crippen LogP contribution in [0.4, 0.5) is 5.95 Å². The Hall–Kier alpha value is -2.12. The predicted octanol–water partition coefficient (Wildman–Crippen LogP) is 3.49. The zero-order valence-corrected chi connectivity index (χ0v) is 11.4. The minimum atomic E-state index is 0.219. The highest BCUT2D eigenvalue weighted by molar-refractivity contribution is 6.29. The molecule has 0 aliphatic rings. The number of benzene rings is 1. The van der Waals surface area contributed by atoms with Crippen LogP contribution in [-0.2, 0) is 0 Å². The van der Waals surface area contributed by atoms with E-state index in [1.54, 1.807) is 18.2 Å². The molecular weight excluding hydrogens is 260 g/mol. The van der Waals surface area contributed by atoms with Crippen LogP contribution in [0.25, 0.3) is 11.3 Å². The molecule has 0 unspecified atom stereocenters. The Morgan fingerprint density at radius 3 is 2.74 bits per heavy atom. The lowest BCUT2D eigenvalue weighted by atomic mass is 10.1. The van der Waals surface area contributed by atoms with Crippen molar-refractivity contribution in [1.29, 1.82) is 5.26 Å². The maximum absolute atomic E-state index is 8.92. The highest BCUT2D eigenvalue weighted by Crippen LogP contribution is 2.22. The van der Waals surface area contributed by atoms with Gasteiger partial charge in [0.1, 0.15) is 5.15 Å². The van der Waals surface area contributed by atoms with E-state index < -0.39 is 0 Å². The molecule has 5 heteroatoms. The number of nitriles is 1. The van der Waals surface area contributed by atoms with Gasteiger partial charge in [0, 0.05) is 17.7 Å². The number of aromatic nitrogens is 2. The van der Waals surface area contributed by atoms with Crippen molar-refractivity contribution in [2.45, 2.75) is 19.9 Å². The molecule has 0 aliphatic heterocycles. The van der Waals surface area contributed by atoms with Crippen LogP contribution in [0.15, 0.2) is 30.3 Å². The van der Waals surface area contributed by atoms with Gasteiger partial charge in [0.15, 0.2) is 0 Å². The second kappa shape index (κ2) is 5.68. The van der Waals surface area contributed by atoms with E-state index in [0.29, 0.717) is 22.4 Å². The summed E-state index contributed by atoms with van der Waals surface area (Å²) < 4.78 is 0. The van der Waals surface area contributed by atoms with Gasteiger partial charge in [-0.2, -0.15) is 5.26 Å². The third-order valence-electron chi connectivity index (χ3n) is 2.40. The van der Waals surface area contributed by atoms with E-state index in [4.69, 9.17) is 16.9 Å². The van der Waals surface area contributed by atoms with Crippen molar-refractivity contribution < 1.29 is 0 Å². The molecule has 2 rings (SSSR count). The second-order valence-corrected chi connectivity index (χ2v) is 4.78. The molecule has 0 bridgehead atoms. The summed E-state index contributed by atoms with van der Waals surface area (Å²) in [4.78, 5) is 8.52. The number of halogens is 1. The summed E-state index contributed by atoms with van der Waals surface area (Å²) in [7, 11) is 0. The Labute approximate surface area is 117 Å². The molecule has 96 valence electrons. The van der Waals surface area contributed by atoms with E-state index in [9.17, 15) is 0 Å². The van der Waals surface area contributed by atoms with Crippen molar-refractivity contribution >= 4 is 17.5 Å². The summed E-state index contributed by atoms with van der Waals surface area (Å²) >= 11 is 6.00. The van der Waals surface area contributed by atoms with E-state index in [2.05, 4.69) is 21.4 Å². The van der Waals surface area contributed by atoms with Crippen LogP contribution in [0.2, 0.25) is 5.15 Å². The first kappa shape index (κ1) is 13.3. The monoisotopic (exact) mass is 272 g/mol. The third kappa shape index (κ3) is 3.43. The zero-order valence-electron chi connectivity index (χ0n) is 10.7. The minimum absolute atomic E-state index is 0.219. The molecule has 0 fully saturated rings. The van der Waals surface area contributed by atoms with Gasteiger partial charge in [-0.1, -0.05) is 23.7 Å². The van der Waals surface area contributed by atoms with Gasteiger partial charge in [-0.15, -0.1) is 0 Å². The first-order chi connectivity index (χ1) is 9.08. The second-order valence-electron chi connectivity index (χ2n) is 4.39. The highest BCUT2D eigenvalue weighted by atomic mass is 35.5. The van der Waals surface area contributed by atoms with E-state index in [-0.39, 0.29) is 6.04 Å². The minimum Gasteiger partial charge on any atom is -0.352 e. The number of hydrogen-bond donors (Lipinski definition) is 1. The average molecular weight is 273 g/mol. The molecule has 0 saturated heterocycles. The summed E-state index contributed by atoms with van der Waals surface area (Å²) in [6, 6.07) is 11.2. The summed E-state index contributed by atoms with van der Waals surface area (Å²) in [5.41, 5.74) is 2.13. The standard InChI is InChI=1S/C14H13ClN4/c1-9(2)17-14-18-12(7-13(15)19-14)11-5-3-4-10(6-11)8-16/h3-7,9H,1-2H3,(H,17,18,19). The van der Waals surface area contributed by atoms with E-state index >= 15 is 0 Å². The van der Waals surface area contributed by atoms with E-state index in [1.807, 2.05) is 26.0 Å². The molecule has 0 radical (unpaired) electrons. The lowest BCUT2D eigenvalue weighted by Gasteiger charge is -2.10. The summed E-state index contributed by atoms with van der Waals surface area (Å²) in [6.45, 7) is 4.00. The molecule has 0 spiro atoms. The third-order valence-corrected chi connectivity index (χ3v) is 2.59. The van der Waals surface area contributed by atoms with Crippen LogP contribution in [0.3, 0.4) is 0 Å². The van der Waals surface area contributed by atoms with Crippen molar-refractivity contribution in [2.24, 2.45) is 0 Å². The Balaban J connectivity index is 2.44.